The maximum absolute atomic E-state index is 12.3. The molecule has 34 heavy (non-hydrogen) atoms. The monoisotopic (exact) mass is 490 g/mol. The Morgan fingerprint density at radius 2 is 1.82 bits per heavy atom. The standard InChI is InChI=1S/C25H19ClN4O3S/c1-17(31)30(21-5-3-2-4-6-21)25-29-20(16-34-25)9-13-23(32)28-19-10-14-24(27-15-19)33-22-11-7-18(26)8-12-22/h2-16H,1H3,(H,28,32)/b13-9+. The second kappa shape index (κ2) is 10.7. The molecule has 0 aliphatic carbocycles. The Morgan fingerprint density at radius 1 is 1.06 bits per heavy atom. The summed E-state index contributed by atoms with van der Waals surface area (Å²) in [7, 11) is 0. The molecule has 4 aromatic rings. The van der Waals surface area contributed by atoms with Gasteiger partial charge < -0.3 is 10.1 Å². The summed E-state index contributed by atoms with van der Waals surface area (Å²) in [4.78, 5) is 34.6. The smallest absolute Gasteiger partial charge is 0.248 e. The van der Waals surface area contributed by atoms with Crippen LogP contribution in [0.25, 0.3) is 6.08 Å². The van der Waals surface area contributed by atoms with Crippen molar-refractivity contribution in [3.05, 3.63) is 95.1 Å². The maximum atomic E-state index is 12.3. The molecule has 0 bridgehead atoms. The summed E-state index contributed by atoms with van der Waals surface area (Å²) in [6, 6.07) is 19.5. The van der Waals surface area contributed by atoms with E-state index < -0.39 is 0 Å². The molecule has 0 spiro atoms. The van der Waals surface area contributed by atoms with E-state index in [1.54, 1.807) is 47.9 Å². The van der Waals surface area contributed by atoms with E-state index in [4.69, 9.17) is 16.3 Å². The first-order valence-corrected chi connectivity index (χ1v) is 11.4. The quantitative estimate of drug-likeness (QED) is 0.306. The first kappa shape index (κ1) is 23.2. The van der Waals surface area contributed by atoms with Crippen molar-refractivity contribution in [2.75, 3.05) is 10.2 Å². The van der Waals surface area contributed by atoms with E-state index >= 15 is 0 Å². The number of halogens is 1. The second-order valence-corrected chi connectivity index (χ2v) is 8.28. The number of hydrogen-bond donors (Lipinski definition) is 1. The van der Waals surface area contributed by atoms with E-state index in [-0.39, 0.29) is 11.8 Å². The van der Waals surface area contributed by atoms with Gasteiger partial charge in [0.25, 0.3) is 0 Å². The lowest BCUT2D eigenvalue weighted by molar-refractivity contribution is -0.116. The number of carbonyl (C=O) groups is 2. The van der Waals surface area contributed by atoms with Gasteiger partial charge >= 0.3 is 0 Å². The number of anilines is 3. The molecule has 0 saturated carbocycles. The van der Waals surface area contributed by atoms with Gasteiger partial charge in [0.2, 0.25) is 17.7 Å². The lowest BCUT2D eigenvalue weighted by atomic mass is 10.3. The Morgan fingerprint density at radius 3 is 2.50 bits per heavy atom. The topological polar surface area (TPSA) is 84.4 Å². The van der Waals surface area contributed by atoms with Crippen LogP contribution in [0.15, 0.2) is 84.4 Å². The third-order valence-corrected chi connectivity index (χ3v) is 5.57. The van der Waals surface area contributed by atoms with Crippen molar-refractivity contribution >= 4 is 57.3 Å². The van der Waals surface area contributed by atoms with Crippen LogP contribution in [0.1, 0.15) is 12.6 Å². The van der Waals surface area contributed by atoms with E-state index in [1.165, 1.54) is 35.4 Å². The number of nitrogens with one attached hydrogen (secondary N) is 1. The lowest BCUT2D eigenvalue weighted by Gasteiger charge is -2.17. The minimum Gasteiger partial charge on any atom is -0.439 e. The molecule has 0 saturated heterocycles. The Bertz CT molecular complexity index is 1310. The highest BCUT2D eigenvalue weighted by Gasteiger charge is 2.17. The van der Waals surface area contributed by atoms with E-state index in [0.717, 1.165) is 5.69 Å². The van der Waals surface area contributed by atoms with Gasteiger partial charge in [-0.1, -0.05) is 29.8 Å². The van der Waals surface area contributed by atoms with Gasteiger partial charge in [0, 0.05) is 29.5 Å². The number of nitrogens with zero attached hydrogens (tertiary/aromatic N) is 3. The van der Waals surface area contributed by atoms with Crippen molar-refractivity contribution < 1.29 is 14.3 Å². The molecule has 2 heterocycles. The van der Waals surface area contributed by atoms with E-state index in [1.807, 2.05) is 30.3 Å². The Balaban J connectivity index is 1.36. The minimum absolute atomic E-state index is 0.148. The SMILES string of the molecule is CC(=O)N(c1ccccc1)c1nc(/C=C/C(=O)Nc2ccc(Oc3ccc(Cl)cc3)nc2)cs1. The first-order chi connectivity index (χ1) is 16.5. The summed E-state index contributed by atoms with van der Waals surface area (Å²) in [5.74, 6) is 0.508. The zero-order valence-corrected chi connectivity index (χ0v) is 19.6. The summed E-state index contributed by atoms with van der Waals surface area (Å²) < 4.78 is 5.64. The highest BCUT2D eigenvalue weighted by molar-refractivity contribution is 7.14. The predicted molar refractivity (Wildman–Crippen MR) is 135 cm³/mol. The third-order valence-electron chi connectivity index (χ3n) is 4.48. The van der Waals surface area contributed by atoms with Gasteiger partial charge in [-0.25, -0.2) is 9.97 Å². The molecule has 0 fully saturated rings. The molecule has 0 atom stereocenters. The fraction of sp³-hybridized carbons (Fsp3) is 0.0400. The van der Waals surface area contributed by atoms with Crippen LogP contribution < -0.4 is 15.0 Å². The average Bonchev–Trinajstić information content (AvgIpc) is 3.29. The molecule has 0 aliphatic heterocycles. The number of ether oxygens (including phenoxy) is 1. The lowest BCUT2D eigenvalue weighted by Crippen LogP contribution is -2.22. The van der Waals surface area contributed by atoms with Crippen molar-refractivity contribution in [3.8, 4) is 11.6 Å². The number of carbonyl (C=O) groups excluding carboxylic acids is 2. The van der Waals surface area contributed by atoms with Crippen LogP contribution in [-0.2, 0) is 9.59 Å². The summed E-state index contributed by atoms with van der Waals surface area (Å²) >= 11 is 7.18. The molecule has 0 radical (unpaired) electrons. The van der Waals surface area contributed by atoms with Crippen LogP contribution in [-0.4, -0.2) is 21.8 Å². The van der Waals surface area contributed by atoms with Gasteiger partial charge in [-0.2, -0.15) is 0 Å². The number of benzene rings is 2. The van der Waals surface area contributed by atoms with Gasteiger partial charge in [0.05, 0.1) is 23.3 Å². The zero-order valence-electron chi connectivity index (χ0n) is 18.0. The van der Waals surface area contributed by atoms with Crippen molar-refractivity contribution in [2.24, 2.45) is 0 Å². The molecular weight excluding hydrogens is 472 g/mol. The van der Waals surface area contributed by atoms with E-state index in [9.17, 15) is 9.59 Å². The third kappa shape index (κ3) is 6.06. The first-order valence-electron chi connectivity index (χ1n) is 10.2. The van der Waals surface area contributed by atoms with Crippen molar-refractivity contribution in [1.29, 1.82) is 0 Å². The minimum atomic E-state index is -0.339. The molecule has 0 aliphatic rings. The zero-order chi connectivity index (χ0) is 23.9. The summed E-state index contributed by atoms with van der Waals surface area (Å²) in [6.45, 7) is 1.48. The number of amides is 2. The molecule has 2 amide bonds. The fourth-order valence-corrected chi connectivity index (χ4v) is 3.92. The fourth-order valence-electron chi connectivity index (χ4n) is 2.94. The van der Waals surface area contributed by atoms with Crippen molar-refractivity contribution in [3.63, 3.8) is 0 Å². The number of hydrogen-bond acceptors (Lipinski definition) is 6. The molecule has 170 valence electrons. The number of aromatic nitrogens is 2. The van der Waals surface area contributed by atoms with Crippen LogP contribution in [0, 0.1) is 0 Å². The van der Waals surface area contributed by atoms with Crippen LogP contribution in [0.2, 0.25) is 5.02 Å². The molecular formula is C25H19ClN4O3S. The Hall–Kier alpha value is -4.01. The summed E-state index contributed by atoms with van der Waals surface area (Å²) in [5, 5.41) is 5.66. The second-order valence-electron chi connectivity index (χ2n) is 7.01. The summed E-state index contributed by atoms with van der Waals surface area (Å²) in [6.07, 6.45) is 4.46. The van der Waals surface area contributed by atoms with Gasteiger partial charge in [0.15, 0.2) is 5.13 Å². The van der Waals surface area contributed by atoms with Gasteiger partial charge in [-0.3, -0.25) is 14.5 Å². The molecule has 9 heteroatoms. The number of thiazole rings is 1. The van der Waals surface area contributed by atoms with Gasteiger partial charge in [-0.05, 0) is 48.5 Å². The van der Waals surface area contributed by atoms with Crippen molar-refractivity contribution in [2.45, 2.75) is 6.92 Å². The molecule has 1 N–H and O–H groups in total. The van der Waals surface area contributed by atoms with E-state index in [0.29, 0.717) is 33.2 Å². The molecule has 2 aromatic carbocycles. The Labute approximate surface area is 205 Å². The predicted octanol–water partition coefficient (Wildman–Crippen LogP) is 6.32. The normalized spacial score (nSPS) is 10.8. The largest absolute Gasteiger partial charge is 0.439 e. The molecule has 2 aromatic heterocycles. The molecule has 0 unspecified atom stereocenters. The molecule has 7 nitrogen and oxygen atoms in total. The Kier molecular flexibility index (Phi) is 7.31. The maximum Gasteiger partial charge on any atom is 0.248 e. The van der Waals surface area contributed by atoms with E-state index in [2.05, 4.69) is 15.3 Å². The number of para-hydroxylation sites is 1. The summed E-state index contributed by atoms with van der Waals surface area (Å²) in [5.41, 5.74) is 1.82. The highest BCUT2D eigenvalue weighted by Crippen LogP contribution is 2.29. The van der Waals surface area contributed by atoms with Crippen LogP contribution in [0.4, 0.5) is 16.5 Å². The van der Waals surface area contributed by atoms with Gasteiger partial charge in [0.1, 0.15) is 5.75 Å². The number of pyridine rings is 1. The molecule has 4 rings (SSSR count). The number of rotatable bonds is 7. The van der Waals surface area contributed by atoms with Crippen molar-refractivity contribution in [1.82, 2.24) is 9.97 Å². The van der Waals surface area contributed by atoms with Crippen LogP contribution >= 0.6 is 22.9 Å². The average molecular weight is 491 g/mol. The van der Waals surface area contributed by atoms with Gasteiger partial charge in [-0.15, -0.1) is 11.3 Å². The van der Waals surface area contributed by atoms with Crippen LogP contribution in [0.3, 0.4) is 0 Å². The highest BCUT2D eigenvalue weighted by atomic mass is 35.5. The van der Waals surface area contributed by atoms with Crippen LogP contribution in [0.5, 0.6) is 11.6 Å².